The van der Waals surface area contributed by atoms with Crippen LogP contribution in [0.1, 0.15) is 44.9 Å². The molecule has 7 nitrogen and oxygen atoms in total. The topological polar surface area (TPSA) is 82.7 Å². The maximum Gasteiger partial charge on any atom is 0.314 e. The standard InChI is InChI=1S/C17H30N4O3/c22-16(20-13-4-1-2-5-13)7-8-18-17(23)19-10-15-11-21-9-3-6-14(21)12-24-15/h13-15H,1-12H2,(H,20,22)(H2,18,19,23)/t14-,15-/m0/s1. The highest BCUT2D eigenvalue weighted by Gasteiger charge is 2.32. The van der Waals surface area contributed by atoms with E-state index in [1.807, 2.05) is 0 Å². The van der Waals surface area contributed by atoms with Gasteiger partial charge in [-0.1, -0.05) is 12.8 Å². The van der Waals surface area contributed by atoms with Crippen LogP contribution in [-0.4, -0.2) is 67.8 Å². The Balaban J connectivity index is 1.24. The van der Waals surface area contributed by atoms with Gasteiger partial charge in [0.1, 0.15) is 0 Å². The van der Waals surface area contributed by atoms with Crippen molar-refractivity contribution in [2.75, 3.05) is 32.8 Å². The van der Waals surface area contributed by atoms with Gasteiger partial charge in [0, 0.05) is 38.1 Å². The van der Waals surface area contributed by atoms with Crippen molar-refractivity contribution in [2.45, 2.75) is 63.1 Å². The molecule has 2 atom stereocenters. The van der Waals surface area contributed by atoms with Crippen LogP contribution in [0.25, 0.3) is 0 Å². The van der Waals surface area contributed by atoms with Gasteiger partial charge in [0.05, 0.1) is 12.7 Å². The lowest BCUT2D eigenvalue weighted by atomic mass is 10.2. The number of hydrogen-bond acceptors (Lipinski definition) is 4. The Labute approximate surface area is 143 Å². The molecule has 3 rings (SSSR count). The molecule has 24 heavy (non-hydrogen) atoms. The van der Waals surface area contributed by atoms with Crippen molar-refractivity contribution in [1.82, 2.24) is 20.9 Å². The lowest BCUT2D eigenvalue weighted by Gasteiger charge is -2.35. The van der Waals surface area contributed by atoms with Crippen molar-refractivity contribution in [3.8, 4) is 0 Å². The Morgan fingerprint density at radius 1 is 1.08 bits per heavy atom. The molecule has 3 fully saturated rings. The van der Waals surface area contributed by atoms with Crippen LogP contribution in [-0.2, 0) is 9.53 Å². The highest BCUT2D eigenvalue weighted by atomic mass is 16.5. The fourth-order valence-corrected chi connectivity index (χ4v) is 3.94. The van der Waals surface area contributed by atoms with Crippen molar-refractivity contribution < 1.29 is 14.3 Å². The van der Waals surface area contributed by atoms with E-state index < -0.39 is 0 Å². The normalized spacial score (nSPS) is 27.7. The van der Waals surface area contributed by atoms with Crippen molar-refractivity contribution in [1.29, 1.82) is 0 Å². The molecule has 0 radical (unpaired) electrons. The van der Waals surface area contributed by atoms with E-state index in [0.29, 0.717) is 31.6 Å². The zero-order valence-electron chi connectivity index (χ0n) is 14.4. The largest absolute Gasteiger partial charge is 0.373 e. The van der Waals surface area contributed by atoms with Crippen molar-refractivity contribution in [2.24, 2.45) is 0 Å². The molecule has 2 aliphatic heterocycles. The van der Waals surface area contributed by atoms with E-state index in [-0.39, 0.29) is 18.0 Å². The smallest absolute Gasteiger partial charge is 0.314 e. The number of rotatable bonds is 6. The van der Waals surface area contributed by atoms with Crippen LogP contribution in [0.4, 0.5) is 4.79 Å². The molecule has 2 saturated heterocycles. The molecule has 3 N–H and O–H groups in total. The Hall–Kier alpha value is -1.34. The second kappa shape index (κ2) is 8.67. The van der Waals surface area contributed by atoms with Gasteiger partial charge in [-0.3, -0.25) is 9.69 Å². The summed E-state index contributed by atoms with van der Waals surface area (Å²) < 4.78 is 5.81. The molecular weight excluding hydrogens is 308 g/mol. The van der Waals surface area contributed by atoms with Crippen LogP contribution >= 0.6 is 0 Å². The molecule has 0 aromatic carbocycles. The number of fused-ring (bicyclic) bond motifs is 1. The number of carbonyl (C=O) groups is 2. The minimum atomic E-state index is -0.226. The maximum atomic E-state index is 11.8. The highest BCUT2D eigenvalue weighted by molar-refractivity contribution is 5.78. The van der Waals surface area contributed by atoms with E-state index in [1.54, 1.807) is 0 Å². The van der Waals surface area contributed by atoms with Gasteiger partial charge < -0.3 is 20.7 Å². The molecule has 0 aromatic heterocycles. The number of morpholine rings is 1. The molecule has 7 heteroatoms. The summed E-state index contributed by atoms with van der Waals surface area (Å²) in [4.78, 5) is 26.1. The molecule has 3 aliphatic rings. The fourth-order valence-electron chi connectivity index (χ4n) is 3.94. The summed E-state index contributed by atoms with van der Waals surface area (Å²) in [6.45, 7) is 3.70. The van der Waals surface area contributed by atoms with Gasteiger partial charge in [0.15, 0.2) is 0 Å². The third-order valence-corrected chi connectivity index (χ3v) is 5.31. The van der Waals surface area contributed by atoms with Crippen LogP contribution in [0, 0.1) is 0 Å². The van der Waals surface area contributed by atoms with E-state index in [2.05, 4.69) is 20.9 Å². The van der Waals surface area contributed by atoms with Crippen LogP contribution in [0.3, 0.4) is 0 Å². The minimum absolute atomic E-state index is 0.0258. The Morgan fingerprint density at radius 2 is 1.92 bits per heavy atom. The first kappa shape index (κ1) is 17.5. The number of urea groups is 1. The molecular formula is C17H30N4O3. The Kier molecular flexibility index (Phi) is 6.31. The zero-order valence-corrected chi connectivity index (χ0v) is 14.4. The number of amides is 3. The Morgan fingerprint density at radius 3 is 2.75 bits per heavy atom. The predicted octanol–water partition coefficient (Wildman–Crippen LogP) is 0.598. The van der Waals surface area contributed by atoms with Crippen LogP contribution in [0.2, 0.25) is 0 Å². The van der Waals surface area contributed by atoms with E-state index in [1.165, 1.54) is 25.7 Å². The van der Waals surface area contributed by atoms with Gasteiger partial charge in [-0.25, -0.2) is 4.79 Å². The highest BCUT2D eigenvalue weighted by Crippen LogP contribution is 2.22. The molecule has 136 valence electrons. The summed E-state index contributed by atoms with van der Waals surface area (Å²) in [5.41, 5.74) is 0. The molecule has 1 aliphatic carbocycles. The van der Waals surface area contributed by atoms with E-state index in [4.69, 9.17) is 4.74 Å². The third kappa shape index (κ3) is 5.08. The predicted molar refractivity (Wildman–Crippen MR) is 90.8 cm³/mol. The van der Waals surface area contributed by atoms with Gasteiger partial charge in [0.25, 0.3) is 0 Å². The van der Waals surface area contributed by atoms with E-state index in [9.17, 15) is 9.59 Å². The summed E-state index contributed by atoms with van der Waals surface area (Å²) in [6.07, 6.45) is 7.44. The van der Waals surface area contributed by atoms with E-state index in [0.717, 1.165) is 32.5 Å². The summed E-state index contributed by atoms with van der Waals surface area (Å²) in [5.74, 6) is 0.0258. The van der Waals surface area contributed by atoms with Crippen molar-refractivity contribution in [3.63, 3.8) is 0 Å². The van der Waals surface area contributed by atoms with Crippen LogP contribution in [0.15, 0.2) is 0 Å². The van der Waals surface area contributed by atoms with Gasteiger partial charge in [-0.2, -0.15) is 0 Å². The maximum absolute atomic E-state index is 11.8. The molecule has 2 heterocycles. The van der Waals surface area contributed by atoms with Crippen molar-refractivity contribution in [3.05, 3.63) is 0 Å². The average Bonchev–Trinajstić information content (AvgIpc) is 3.23. The van der Waals surface area contributed by atoms with Crippen LogP contribution in [0.5, 0.6) is 0 Å². The van der Waals surface area contributed by atoms with Gasteiger partial charge >= 0.3 is 6.03 Å². The quantitative estimate of drug-likeness (QED) is 0.662. The van der Waals surface area contributed by atoms with Gasteiger partial charge in [-0.05, 0) is 32.2 Å². The number of hydrogen-bond donors (Lipinski definition) is 3. The third-order valence-electron chi connectivity index (χ3n) is 5.31. The first-order valence-corrected chi connectivity index (χ1v) is 9.37. The zero-order chi connectivity index (χ0) is 16.8. The number of ether oxygens (including phenoxy) is 1. The molecule has 0 bridgehead atoms. The lowest BCUT2D eigenvalue weighted by Crippen LogP contribution is -2.51. The summed E-state index contributed by atoms with van der Waals surface area (Å²) >= 11 is 0. The molecule has 3 amide bonds. The SMILES string of the molecule is O=C(CCNC(=O)NC[C@H]1CN2CCC[C@H]2CO1)NC1CCCC1. The van der Waals surface area contributed by atoms with Gasteiger partial charge in [-0.15, -0.1) is 0 Å². The van der Waals surface area contributed by atoms with Gasteiger partial charge in [0.2, 0.25) is 5.91 Å². The fraction of sp³-hybridized carbons (Fsp3) is 0.882. The summed E-state index contributed by atoms with van der Waals surface area (Å²) in [6, 6.07) is 0.688. The monoisotopic (exact) mass is 338 g/mol. The number of nitrogens with one attached hydrogen (secondary N) is 3. The average molecular weight is 338 g/mol. The minimum Gasteiger partial charge on any atom is -0.373 e. The first-order chi connectivity index (χ1) is 11.7. The summed E-state index contributed by atoms with van der Waals surface area (Å²) in [7, 11) is 0. The first-order valence-electron chi connectivity index (χ1n) is 9.37. The number of carbonyl (C=O) groups excluding carboxylic acids is 2. The van der Waals surface area contributed by atoms with Crippen molar-refractivity contribution >= 4 is 11.9 Å². The molecule has 0 spiro atoms. The molecule has 0 unspecified atom stereocenters. The molecule has 0 aromatic rings. The lowest BCUT2D eigenvalue weighted by molar-refractivity contribution is -0.121. The Bertz CT molecular complexity index is 440. The molecule has 1 saturated carbocycles. The van der Waals surface area contributed by atoms with E-state index >= 15 is 0 Å². The second-order valence-corrected chi connectivity index (χ2v) is 7.18. The number of nitrogens with zero attached hydrogens (tertiary/aromatic N) is 1. The van der Waals surface area contributed by atoms with Crippen LogP contribution < -0.4 is 16.0 Å². The second-order valence-electron chi connectivity index (χ2n) is 7.18. The summed E-state index contributed by atoms with van der Waals surface area (Å²) in [5, 5.41) is 8.61.